The Hall–Kier alpha value is -1.63. The minimum absolute atomic E-state index is 0.0113. The maximum atomic E-state index is 12.8. The van der Waals surface area contributed by atoms with Gasteiger partial charge in [-0.15, -0.1) is 0 Å². The highest BCUT2D eigenvalue weighted by molar-refractivity contribution is 7.88. The lowest BCUT2D eigenvalue weighted by Crippen LogP contribution is -2.44. The summed E-state index contributed by atoms with van der Waals surface area (Å²) in [6, 6.07) is 9.29. The molecule has 0 aliphatic carbocycles. The van der Waals surface area contributed by atoms with Crippen molar-refractivity contribution in [2.75, 3.05) is 13.1 Å². The van der Waals surface area contributed by atoms with Crippen LogP contribution in [0.15, 0.2) is 42.7 Å². The lowest BCUT2D eigenvalue weighted by molar-refractivity contribution is 0.129. The summed E-state index contributed by atoms with van der Waals surface area (Å²) in [5, 5.41) is 0.433. The molecule has 1 atom stereocenters. The summed E-state index contributed by atoms with van der Waals surface area (Å²) in [5.74, 6) is 0.553. The summed E-state index contributed by atoms with van der Waals surface area (Å²) in [5.41, 5.74) is 1.86. The third-order valence-electron chi connectivity index (χ3n) is 4.19. The minimum atomic E-state index is -3.38. The summed E-state index contributed by atoms with van der Waals surface area (Å²) in [6.45, 7) is 2.82. The van der Waals surface area contributed by atoms with Crippen molar-refractivity contribution < 1.29 is 13.2 Å². The van der Waals surface area contributed by atoms with Crippen molar-refractivity contribution in [1.82, 2.24) is 9.29 Å². The van der Waals surface area contributed by atoms with Crippen molar-refractivity contribution in [2.45, 2.75) is 31.6 Å². The molecule has 1 saturated heterocycles. The SMILES string of the molecule is Cc1cccc(CS(=O)(=O)N2CCC[C@@H](Oc3ccncc3Cl)C2)c1. The Bertz CT molecular complexity index is 842. The highest BCUT2D eigenvalue weighted by atomic mass is 35.5. The van der Waals surface area contributed by atoms with Gasteiger partial charge in [0.15, 0.2) is 0 Å². The van der Waals surface area contributed by atoms with Crippen LogP contribution in [-0.2, 0) is 15.8 Å². The summed E-state index contributed by atoms with van der Waals surface area (Å²) < 4.78 is 33.0. The molecule has 3 rings (SSSR count). The van der Waals surface area contributed by atoms with Crippen LogP contribution in [0, 0.1) is 6.92 Å². The van der Waals surface area contributed by atoms with Crippen LogP contribution < -0.4 is 4.74 Å². The molecule has 1 aromatic carbocycles. The molecular formula is C18H21ClN2O3S. The van der Waals surface area contributed by atoms with Crippen molar-refractivity contribution in [1.29, 1.82) is 0 Å². The van der Waals surface area contributed by atoms with Crippen molar-refractivity contribution in [3.63, 3.8) is 0 Å². The Kier molecular flexibility index (Phi) is 5.61. The van der Waals surface area contributed by atoms with Gasteiger partial charge in [0.25, 0.3) is 0 Å². The first-order valence-electron chi connectivity index (χ1n) is 8.23. The summed E-state index contributed by atoms with van der Waals surface area (Å²) >= 11 is 6.07. The molecule has 0 saturated carbocycles. The second-order valence-electron chi connectivity index (χ2n) is 6.29. The number of aryl methyl sites for hydroxylation is 1. The molecule has 0 N–H and O–H groups in total. The van der Waals surface area contributed by atoms with Gasteiger partial charge in [0.2, 0.25) is 10.0 Å². The van der Waals surface area contributed by atoms with E-state index >= 15 is 0 Å². The van der Waals surface area contributed by atoms with E-state index in [0.717, 1.165) is 24.0 Å². The van der Waals surface area contributed by atoms with E-state index in [1.54, 1.807) is 12.3 Å². The van der Waals surface area contributed by atoms with E-state index in [2.05, 4.69) is 4.98 Å². The standard InChI is InChI=1S/C18H21ClN2O3S/c1-14-4-2-5-15(10-14)13-25(22,23)21-9-3-6-16(12-21)24-18-7-8-20-11-17(18)19/h2,4-5,7-8,10-11,16H,3,6,9,12-13H2,1H3/t16-/m1/s1. The molecule has 1 aromatic heterocycles. The molecule has 134 valence electrons. The molecule has 2 aromatic rings. The lowest BCUT2D eigenvalue weighted by Gasteiger charge is -2.32. The van der Waals surface area contributed by atoms with Crippen LogP contribution in [-0.4, -0.2) is 36.9 Å². The Labute approximate surface area is 153 Å². The Morgan fingerprint density at radius 1 is 1.36 bits per heavy atom. The second-order valence-corrected chi connectivity index (χ2v) is 8.67. The monoisotopic (exact) mass is 380 g/mol. The first-order chi connectivity index (χ1) is 11.9. The van der Waals surface area contributed by atoms with Crippen LogP contribution in [0.4, 0.5) is 0 Å². The third-order valence-corrected chi connectivity index (χ3v) is 6.30. The molecule has 5 nitrogen and oxygen atoms in total. The smallest absolute Gasteiger partial charge is 0.218 e. The van der Waals surface area contributed by atoms with Crippen LogP contribution in [0.5, 0.6) is 5.75 Å². The van der Waals surface area contributed by atoms with E-state index in [1.807, 2.05) is 31.2 Å². The van der Waals surface area contributed by atoms with E-state index < -0.39 is 10.0 Å². The zero-order valence-electron chi connectivity index (χ0n) is 14.1. The van der Waals surface area contributed by atoms with Gasteiger partial charge >= 0.3 is 0 Å². The first-order valence-corrected chi connectivity index (χ1v) is 10.2. The maximum absolute atomic E-state index is 12.8. The molecule has 0 spiro atoms. The van der Waals surface area contributed by atoms with E-state index in [9.17, 15) is 8.42 Å². The van der Waals surface area contributed by atoms with E-state index in [1.165, 1.54) is 10.5 Å². The number of piperidine rings is 1. The topological polar surface area (TPSA) is 59.5 Å². The van der Waals surface area contributed by atoms with Crippen LogP contribution in [0.3, 0.4) is 0 Å². The maximum Gasteiger partial charge on any atom is 0.218 e. The fraction of sp³-hybridized carbons (Fsp3) is 0.389. The number of rotatable bonds is 5. The second kappa shape index (κ2) is 7.72. The van der Waals surface area contributed by atoms with Gasteiger partial charge in [-0.3, -0.25) is 4.98 Å². The number of benzene rings is 1. The van der Waals surface area contributed by atoms with Crippen LogP contribution in [0.25, 0.3) is 0 Å². The zero-order valence-corrected chi connectivity index (χ0v) is 15.6. The molecule has 2 heterocycles. The molecule has 0 unspecified atom stereocenters. The largest absolute Gasteiger partial charge is 0.487 e. The molecule has 25 heavy (non-hydrogen) atoms. The van der Waals surface area contributed by atoms with Gasteiger partial charge in [0.05, 0.1) is 12.3 Å². The Morgan fingerprint density at radius 3 is 2.96 bits per heavy atom. The van der Waals surface area contributed by atoms with Crippen molar-refractivity contribution in [2.24, 2.45) is 0 Å². The Morgan fingerprint density at radius 2 is 2.20 bits per heavy atom. The van der Waals surface area contributed by atoms with Gasteiger partial charge < -0.3 is 4.74 Å². The van der Waals surface area contributed by atoms with Gasteiger partial charge in [-0.25, -0.2) is 8.42 Å². The third kappa shape index (κ3) is 4.71. The molecule has 1 fully saturated rings. The van der Waals surface area contributed by atoms with E-state index in [0.29, 0.717) is 23.9 Å². The van der Waals surface area contributed by atoms with E-state index in [-0.39, 0.29) is 11.9 Å². The number of aromatic nitrogens is 1. The number of nitrogens with zero attached hydrogens (tertiary/aromatic N) is 2. The molecule has 7 heteroatoms. The van der Waals surface area contributed by atoms with E-state index in [4.69, 9.17) is 16.3 Å². The van der Waals surface area contributed by atoms with Crippen LogP contribution in [0.2, 0.25) is 5.02 Å². The average molecular weight is 381 g/mol. The van der Waals surface area contributed by atoms with Crippen LogP contribution >= 0.6 is 11.6 Å². The molecule has 0 bridgehead atoms. The van der Waals surface area contributed by atoms with Crippen molar-refractivity contribution in [3.05, 3.63) is 58.9 Å². The number of pyridine rings is 1. The predicted octanol–water partition coefficient (Wildman–Crippen LogP) is 3.42. The normalized spacial score (nSPS) is 18.9. The zero-order chi connectivity index (χ0) is 17.9. The van der Waals surface area contributed by atoms with Gasteiger partial charge in [0, 0.05) is 25.0 Å². The molecule has 1 aliphatic heterocycles. The highest BCUT2D eigenvalue weighted by Crippen LogP contribution is 2.26. The fourth-order valence-corrected chi connectivity index (χ4v) is 4.74. The first kappa shape index (κ1) is 18.2. The molecule has 0 amide bonds. The number of halogens is 1. The van der Waals surface area contributed by atoms with Gasteiger partial charge in [-0.05, 0) is 25.3 Å². The fourth-order valence-electron chi connectivity index (χ4n) is 3.00. The average Bonchev–Trinajstić information content (AvgIpc) is 2.57. The predicted molar refractivity (Wildman–Crippen MR) is 98.3 cm³/mol. The van der Waals surface area contributed by atoms with Crippen molar-refractivity contribution >= 4 is 21.6 Å². The Balaban J connectivity index is 1.68. The number of hydrogen-bond acceptors (Lipinski definition) is 4. The van der Waals surface area contributed by atoms with Gasteiger partial charge in [-0.2, -0.15) is 4.31 Å². The molecular weight excluding hydrogens is 360 g/mol. The summed E-state index contributed by atoms with van der Waals surface area (Å²) in [7, 11) is -3.38. The lowest BCUT2D eigenvalue weighted by atomic mass is 10.1. The quantitative estimate of drug-likeness (QED) is 0.797. The molecule has 1 aliphatic rings. The number of sulfonamides is 1. The van der Waals surface area contributed by atoms with Crippen LogP contribution in [0.1, 0.15) is 24.0 Å². The van der Waals surface area contributed by atoms with Crippen molar-refractivity contribution in [3.8, 4) is 5.75 Å². The van der Waals surface area contributed by atoms with Gasteiger partial charge in [-0.1, -0.05) is 41.4 Å². The van der Waals surface area contributed by atoms with Gasteiger partial charge in [0.1, 0.15) is 16.9 Å². The minimum Gasteiger partial charge on any atom is -0.487 e. The number of hydrogen-bond donors (Lipinski definition) is 0. The summed E-state index contributed by atoms with van der Waals surface area (Å²) in [6.07, 6.45) is 4.48. The number of ether oxygens (including phenoxy) is 1. The molecule has 0 radical (unpaired) electrons. The highest BCUT2D eigenvalue weighted by Gasteiger charge is 2.30. The summed E-state index contributed by atoms with van der Waals surface area (Å²) in [4.78, 5) is 3.93.